The highest BCUT2D eigenvalue weighted by Gasteiger charge is 2.22. The second kappa shape index (κ2) is 11.7. The van der Waals surface area contributed by atoms with Gasteiger partial charge in [0.15, 0.2) is 6.61 Å². The van der Waals surface area contributed by atoms with Crippen LogP contribution in [0.4, 0.5) is 10.1 Å². The van der Waals surface area contributed by atoms with Gasteiger partial charge in [0.2, 0.25) is 0 Å². The lowest BCUT2D eigenvalue weighted by Crippen LogP contribution is -2.25. The van der Waals surface area contributed by atoms with E-state index in [1.807, 2.05) is 12.1 Å². The summed E-state index contributed by atoms with van der Waals surface area (Å²) in [6, 6.07) is 18.2. The van der Waals surface area contributed by atoms with E-state index in [1.165, 1.54) is 29.3 Å². The Hall–Kier alpha value is -3.85. The molecule has 1 aromatic heterocycles. The van der Waals surface area contributed by atoms with Crippen molar-refractivity contribution in [3.8, 4) is 5.75 Å². The van der Waals surface area contributed by atoms with Crippen molar-refractivity contribution in [2.24, 2.45) is 5.10 Å². The highest BCUT2D eigenvalue weighted by atomic mass is 79.9. The van der Waals surface area contributed by atoms with Crippen molar-refractivity contribution in [2.45, 2.75) is 38.0 Å². The van der Waals surface area contributed by atoms with Crippen LogP contribution in [0.5, 0.6) is 5.75 Å². The fraction of sp³-hybridized carbons (Fsp3) is 0.241. The first-order chi connectivity index (χ1) is 18.5. The summed E-state index contributed by atoms with van der Waals surface area (Å²) >= 11 is 3.44. The van der Waals surface area contributed by atoms with E-state index in [1.54, 1.807) is 42.6 Å². The lowest BCUT2D eigenvalue weighted by molar-refractivity contribution is -0.118. The Morgan fingerprint density at radius 1 is 1.11 bits per heavy atom. The van der Waals surface area contributed by atoms with Crippen LogP contribution < -0.4 is 15.6 Å². The number of hydrogen-bond donors (Lipinski definition) is 1. The Morgan fingerprint density at radius 3 is 2.66 bits per heavy atom. The van der Waals surface area contributed by atoms with Crippen LogP contribution in [0.2, 0.25) is 0 Å². The van der Waals surface area contributed by atoms with Gasteiger partial charge in [-0.2, -0.15) is 9.78 Å². The van der Waals surface area contributed by atoms with Crippen LogP contribution in [0, 0.1) is 5.82 Å². The summed E-state index contributed by atoms with van der Waals surface area (Å²) in [6.07, 6.45) is 7.03. The molecular weight excluding hydrogens is 551 g/mol. The smallest absolute Gasteiger partial charge is 0.282 e. The van der Waals surface area contributed by atoms with Gasteiger partial charge in [-0.15, -0.1) is 0 Å². The second-order valence-corrected chi connectivity index (χ2v) is 10.2. The minimum absolute atomic E-state index is 0.191. The van der Waals surface area contributed by atoms with Crippen molar-refractivity contribution in [3.05, 3.63) is 98.8 Å². The number of rotatable bonds is 7. The average molecular weight is 577 g/mol. The van der Waals surface area contributed by atoms with E-state index in [4.69, 9.17) is 9.72 Å². The number of hydrogen-bond acceptors (Lipinski definition) is 5. The number of fused-ring (bicyclic) bond motifs is 1. The van der Waals surface area contributed by atoms with Crippen LogP contribution in [-0.4, -0.2) is 28.4 Å². The van der Waals surface area contributed by atoms with Gasteiger partial charge in [-0.3, -0.25) is 9.59 Å². The van der Waals surface area contributed by atoms with E-state index in [9.17, 15) is 14.0 Å². The topological polar surface area (TPSA) is 85.6 Å². The maximum atomic E-state index is 13.4. The van der Waals surface area contributed by atoms with Gasteiger partial charge in [0, 0.05) is 16.1 Å². The third-order valence-corrected chi connectivity index (χ3v) is 6.98. The largest absolute Gasteiger partial charge is 0.484 e. The van der Waals surface area contributed by atoms with Crippen molar-refractivity contribution >= 4 is 44.6 Å². The molecule has 0 saturated heterocycles. The number of anilines is 1. The number of carbonyl (C=O) groups excluding carboxylic acids is 1. The van der Waals surface area contributed by atoms with Crippen molar-refractivity contribution < 1.29 is 13.9 Å². The lowest BCUT2D eigenvalue weighted by atomic mass is 9.88. The van der Waals surface area contributed by atoms with Crippen LogP contribution in [0.15, 0.2) is 81.1 Å². The fourth-order valence-corrected chi connectivity index (χ4v) is 4.95. The van der Waals surface area contributed by atoms with Gasteiger partial charge in [0.1, 0.15) is 17.4 Å². The van der Waals surface area contributed by atoms with Crippen molar-refractivity contribution in [1.82, 2.24) is 9.66 Å². The molecular formula is C29H26BrFN4O3. The monoisotopic (exact) mass is 576 g/mol. The molecule has 5 rings (SSSR count). The molecule has 1 saturated carbocycles. The van der Waals surface area contributed by atoms with Crippen molar-refractivity contribution in [2.75, 3.05) is 11.9 Å². The van der Waals surface area contributed by atoms with Gasteiger partial charge in [0.25, 0.3) is 11.5 Å². The molecule has 0 spiro atoms. The Morgan fingerprint density at radius 2 is 1.89 bits per heavy atom. The molecule has 0 atom stereocenters. The number of aromatic nitrogens is 2. The third-order valence-electron chi connectivity index (χ3n) is 6.48. The molecule has 1 N–H and O–H groups in total. The summed E-state index contributed by atoms with van der Waals surface area (Å²) in [4.78, 5) is 30.4. The quantitative estimate of drug-likeness (QED) is 0.264. The Balaban J connectivity index is 1.32. The molecule has 0 radical (unpaired) electrons. The molecule has 9 heteroatoms. The molecule has 0 unspecified atom stereocenters. The number of nitrogens with zero attached hydrogens (tertiary/aromatic N) is 3. The summed E-state index contributed by atoms with van der Waals surface area (Å²) in [5.41, 5.74) is 1.60. The number of amides is 1. The standard InChI is InChI=1S/C29H26BrFN4O3/c30-21-11-14-26-25(15-21)29(37)35(28(34-26)20-5-2-1-3-6-20)32-17-19-9-12-24(13-10-19)38-18-27(36)33-23-8-4-7-22(31)16-23/h4,7-17,20H,1-3,5-6,18H2,(H,33,36). The van der Waals surface area contributed by atoms with Gasteiger partial charge in [-0.25, -0.2) is 9.37 Å². The van der Waals surface area contributed by atoms with Gasteiger partial charge in [-0.1, -0.05) is 41.3 Å². The Bertz CT molecular complexity index is 1550. The van der Waals surface area contributed by atoms with Gasteiger partial charge >= 0.3 is 0 Å². The zero-order chi connectivity index (χ0) is 26.5. The molecule has 194 valence electrons. The minimum Gasteiger partial charge on any atom is -0.484 e. The molecule has 38 heavy (non-hydrogen) atoms. The van der Waals surface area contributed by atoms with Crippen LogP contribution in [0.1, 0.15) is 49.4 Å². The summed E-state index contributed by atoms with van der Waals surface area (Å²) < 4.78 is 21.1. The minimum atomic E-state index is -0.429. The van der Waals surface area contributed by atoms with E-state index < -0.39 is 11.7 Å². The molecule has 1 fully saturated rings. The van der Waals surface area contributed by atoms with Crippen molar-refractivity contribution in [3.63, 3.8) is 0 Å². The maximum Gasteiger partial charge on any atom is 0.282 e. The molecule has 7 nitrogen and oxygen atoms in total. The molecule has 4 aromatic rings. The summed E-state index contributed by atoms with van der Waals surface area (Å²) in [6.45, 7) is -0.220. The Labute approximate surface area is 227 Å². The van der Waals surface area contributed by atoms with Crippen LogP contribution in [0.3, 0.4) is 0 Å². The number of halogens is 2. The number of benzene rings is 3. The van der Waals surface area contributed by atoms with Crippen LogP contribution in [0.25, 0.3) is 10.9 Å². The third kappa shape index (κ3) is 6.16. The number of ether oxygens (including phenoxy) is 1. The fourth-order valence-electron chi connectivity index (χ4n) is 4.59. The van der Waals surface area contributed by atoms with Gasteiger partial charge in [0.05, 0.1) is 17.1 Å². The number of nitrogens with one attached hydrogen (secondary N) is 1. The van der Waals surface area contributed by atoms with E-state index >= 15 is 0 Å². The van der Waals surface area contributed by atoms with Crippen molar-refractivity contribution in [1.29, 1.82) is 0 Å². The first-order valence-corrected chi connectivity index (χ1v) is 13.3. The normalized spacial score (nSPS) is 14.2. The molecule has 1 amide bonds. The second-order valence-electron chi connectivity index (χ2n) is 9.24. The number of carbonyl (C=O) groups is 1. The van der Waals surface area contributed by atoms with E-state index in [2.05, 4.69) is 26.3 Å². The molecule has 0 aliphatic heterocycles. The Kier molecular flexibility index (Phi) is 7.93. The average Bonchev–Trinajstić information content (AvgIpc) is 2.93. The van der Waals surface area contributed by atoms with Crippen LogP contribution in [-0.2, 0) is 4.79 Å². The predicted octanol–water partition coefficient (Wildman–Crippen LogP) is 6.25. The van der Waals surface area contributed by atoms with Gasteiger partial charge < -0.3 is 10.1 Å². The lowest BCUT2D eigenvalue weighted by Gasteiger charge is -2.22. The molecule has 1 aliphatic rings. The first-order valence-electron chi connectivity index (χ1n) is 12.5. The molecule has 1 heterocycles. The van der Waals surface area contributed by atoms with E-state index in [0.717, 1.165) is 35.7 Å². The molecule has 1 aliphatic carbocycles. The molecule has 0 bridgehead atoms. The van der Waals surface area contributed by atoms with E-state index in [0.29, 0.717) is 28.2 Å². The zero-order valence-electron chi connectivity index (χ0n) is 20.6. The maximum absolute atomic E-state index is 13.4. The summed E-state index contributed by atoms with van der Waals surface area (Å²) in [7, 11) is 0. The van der Waals surface area contributed by atoms with Gasteiger partial charge in [-0.05, 0) is 79.1 Å². The first kappa shape index (κ1) is 25.8. The van der Waals surface area contributed by atoms with Crippen LogP contribution >= 0.6 is 15.9 Å². The molecule has 3 aromatic carbocycles. The SMILES string of the molecule is O=C(COc1ccc(C=Nn2c(C3CCCCC3)nc3ccc(Br)cc3c2=O)cc1)Nc1cccc(F)c1. The predicted molar refractivity (Wildman–Crippen MR) is 149 cm³/mol. The highest BCUT2D eigenvalue weighted by molar-refractivity contribution is 9.10. The highest BCUT2D eigenvalue weighted by Crippen LogP contribution is 2.32. The summed E-state index contributed by atoms with van der Waals surface area (Å²) in [5, 5.41) is 7.66. The van der Waals surface area contributed by atoms with E-state index in [-0.39, 0.29) is 18.1 Å². The summed E-state index contributed by atoms with van der Waals surface area (Å²) in [5.74, 6) is 0.558. The zero-order valence-corrected chi connectivity index (χ0v) is 22.2.